The molecule has 32 heavy (non-hydrogen) atoms. The van der Waals surface area contributed by atoms with Gasteiger partial charge in [0.25, 0.3) is 0 Å². The van der Waals surface area contributed by atoms with Crippen LogP contribution in [0.3, 0.4) is 0 Å². The van der Waals surface area contributed by atoms with Crippen LogP contribution in [0, 0.1) is 6.92 Å². The molecular formula is C24H26N2O5S. The van der Waals surface area contributed by atoms with Gasteiger partial charge in [0, 0.05) is 11.8 Å². The van der Waals surface area contributed by atoms with Gasteiger partial charge in [-0.3, -0.25) is 4.79 Å². The van der Waals surface area contributed by atoms with Crippen LogP contribution in [0.4, 0.5) is 5.69 Å². The minimum absolute atomic E-state index is 0.0310. The van der Waals surface area contributed by atoms with E-state index >= 15 is 0 Å². The van der Waals surface area contributed by atoms with Crippen LogP contribution in [0.5, 0.6) is 11.5 Å². The van der Waals surface area contributed by atoms with Crippen molar-refractivity contribution < 1.29 is 22.7 Å². The molecular weight excluding hydrogens is 428 g/mol. The number of methoxy groups -OCH3 is 2. The Morgan fingerprint density at radius 3 is 2.28 bits per heavy atom. The molecule has 0 heterocycles. The van der Waals surface area contributed by atoms with Crippen LogP contribution in [-0.4, -0.2) is 34.6 Å². The Kier molecular flexibility index (Phi) is 7.50. The molecule has 8 heteroatoms. The van der Waals surface area contributed by atoms with Crippen LogP contribution < -0.4 is 19.5 Å². The van der Waals surface area contributed by atoms with E-state index in [9.17, 15) is 13.2 Å². The lowest BCUT2D eigenvalue weighted by atomic mass is 10.1. The van der Waals surface area contributed by atoms with Gasteiger partial charge in [-0.15, -0.1) is 0 Å². The molecule has 0 aliphatic carbocycles. The molecule has 3 rings (SSSR count). The molecule has 0 spiro atoms. The lowest BCUT2D eigenvalue weighted by molar-refractivity contribution is -0.117. The number of hydrogen-bond acceptors (Lipinski definition) is 5. The summed E-state index contributed by atoms with van der Waals surface area (Å²) in [6.45, 7) is 1.91. The van der Waals surface area contributed by atoms with Crippen molar-refractivity contribution in [3.8, 4) is 11.5 Å². The number of sulfonamides is 1. The van der Waals surface area contributed by atoms with Gasteiger partial charge >= 0.3 is 0 Å². The zero-order chi connectivity index (χ0) is 23.1. The second-order valence-electron chi connectivity index (χ2n) is 7.24. The summed E-state index contributed by atoms with van der Waals surface area (Å²) < 4.78 is 39.2. The first kappa shape index (κ1) is 23.3. The highest BCUT2D eigenvalue weighted by molar-refractivity contribution is 7.89. The molecule has 7 nitrogen and oxygen atoms in total. The standard InChI is InChI=1S/C24H26N2O5S/c1-17-8-7-11-19(14-17)25-24(27)21(15-18-9-5-4-6-10-18)26-32(28,29)20-12-13-22(30-2)23(16-20)31-3/h4-14,16,21,26H,15H2,1-3H3,(H,25,27)/t21-/m0/s1. The van der Waals surface area contributed by atoms with E-state index in [0.717, 1.165) is 11.1 Å². The van der Waals surface area contributed by atoms with Gasteiger partial charge in [-0.2, -0.15) is 4.72 Å². The first-order valence-electron chi connectivity index (χ1n) is 9.98. The number of carbonyl (C=O) groups excluding carboxylic acids is 1. The van der Waals surface area contributed by atoms with E-state index < -0.39 is 22.0 Å². The number of aryl methyl sites for hydroxylation is 1. The average molecular weight is 455 g/mol. The predicted molar refractivity (Wildman–Crippen MR) is 124 cm³/mol. The summed E-state index contributed by atoms with van der Waals surface area (Å²) in [5, 5.41) is 2.81. The van der Waals surface area contributed by atoms with Gasteiger partial charge in [0.15, 0.2) is 11.5 Å². The van der Waals surface area contributed by atoms with Gasteiger partial charge in [-0.05, 0) is 48.7 Å². The van der Waals surface area contributed by atoms with Crippen LogP contribution in [0.1, 0.15) is 11.1 Å². The Bertz CT molecular complexity index is 1180. The monoisotopic (exact) mass is 454 g/mol. The van der Waals surface area contributed by atoms with Crippen LogP contribution in [0.15, 0.2) is 77.7 Å². The van der Waals surface area contributed by atoms with E-state index in [0.29, 0.717) is 11.4 Å². The van der Waals surface area contributed by atoms with Gasteiger partial charge in [-0.1, -0.05) is 42.5 Å². The van der Waals surface area contributed by atoms with Crippen molar-refractivity contribution in [2.24, 2.45) is 0 Å². The maximum absolute atomic E-state index is 13.1. The number of hydrogen-bond donors (Lipinski definition) is 2. The molecule has 0 aromatic heterocycles. The van der Waals surface area contributed by atoms with Crippen molar-refractivity contribution in [1.29, 1.82) is 0 Å². The van der Waals surface area contributed by atoms with Crippen LogP contribution in [0.25, 0.3) is 0 Å². The largest absolute Gasteiger partial charge is 0.493 e. The number of nitrogens with one attached hydrogen (secondary N) is 2. The zero-order valence-corrected chi connectivity index (χ0v) is 19.0. The van der Waals surface area contributed by atoms with Gasteiger partial charge < -0.3 is 14.8 Å². The second kappa shape index (κ2) is 10.3. The molecule has 0 unspecified atom stereocenters. The second-order valence-corrected chi connectivity index (χ2v) is 8.95. The minimum Gasteiger partial charge on any atom is -0.493 e. The molecule has 0 radical (unpaired) electrons. The molecule has 0 saturated carbocycles. The fourth-order valence-electron chi connectivity index (χ4n) is 3.23. The Morgan fingerprint density at radius 2 is 1.62 bits per heavy atom. The molecule has 2 N–H and O–H groups in total. The van der Waals surface area contributed by atoms with Crippen molar-refractivity contribution in [3.63, 3.8) is 0 Å². The fraction of sp³-hybridized carbons (Fsp3) is 0.208. The highest BCUT2D eigenvalue weighted by Gasteiger charge is 2.27. The normalized spacial score (nSPS) is 12.1. The van der Waals surface area contributed by atoms with Crippen LogP contribution in [0.2, 0.25) is 0 Å². The number of carbonyl (C=O) groups is 1. The maximum Gasteiger partial charge on any atom is 0.242 e. The number of ether oxygens (including phenoxy) is 2. The topological polar surface area (TPSA) is 93.7 Å². The summed E-state index contributed by atoms with van der Waals surface area (Å²) in [5.74, 6) is 0.229. The molecule has 1 amide bonds. The summed E-state index contributed by atoms with van der Waals surface area (Å²) >= 11 is 0. The number of anilines is 1. The van der Waals surface area contributed by atoms with Crippen molar-refractivity contribution in [2.75, 3.05) is 19.5 Å². The number of amides is 1. The average Bonchev–Trinajstić information content (AvgIpc) is 2.78. The molecule has 0 aliphatic rings. The van der Waals surface area contributed by atoms with Crippen molar-refractivity contribution in [2.45, 2.75) is 24.3 Å². The Hall–Kier alpha value is -3.36. The molecule has 0 bridgehead atoms. The zero-order valence-electron chi connectivity index (χ0n) is 18.2. The third-order valence-electron chi connectivity index (χ3n) is 4.85. The summed E-state index contributed by atoms with van der Waals surface area (Å²) in [5.41, 5.74) is 2.40. The summed E-state index contributed by atoms with van der Waals surface area (Å²) in [6.07, 6.45) is 0.186. The SMILES string of the molecule is COc1ccc(S(=O)(=O)N[C@@H](Cc2ccccc2)C(=O)Nc2cccc(C)c2)cc1OC. The summed E-state index contributed by atoms with van der Waals surface area (Å²) in [6, 6.07) is 19.8. The summed E-state index contributed by atoms with van der Waals surface area (Å²) in [7, 11) is -1.14. The molecule has 0 saturated heterocycles. The first-order chi connectivity index (χ1) is 15.3. The lowest BCUT2D eigenvalue weighted by Crippen LogP contribution is -2.45. The van der Waals surface area contributed by atoms with E-state index in [1.165, 1.54) is 32.4 Å². The quantitative estimate of drug-likeness (QED) is 0.516. The van der Waals surface area contributed by atoms with Crippen LogP contribution in [-0.2, 0) is 21.2 Å². The highest BCUT2D eigenvalue weighted by Crippen LogP contribution is 2.29. The molecule has 3 aromatic rings. The van der Waals surface area contributed by atoms with Crippen LogP contribution >= 0.6 is 0 Å². The van der Waals surface area contributed by atoms with Crippen molar-refractivity contribution >= 4 is 21.6 Å². The maximum atomic E-state index is 13.1. The Morgan fingerprint density at radius 1 is 0.906 bits per heavy atom. The Balaban J connectivity index is 1.89. The molecule has 0 aliphatic heterocycles. The van der Waals surface area contributed by atoms with E-state index in [1.54, 1.807) is 6.07 Å². The van der Waals surface area contributed by atoms with Gasteiger partial charge in [0.05, 0.1) is 19.1 Å². The Labute approximate surface area is 188 Å². The molecule has 3 aromatic carbocycles. The van der Waals surface area contributed by atoms with E-state index in [2.05, 4.69) is 10.0 Å². The third kappa shape index (κ3) is 5.87. The highest BCUT2D eigenvalue weighted by atomic mass is 32.2. The molecule has 0 fully saturated rings. The van der Waals surface area contributed by atoms with Crippen molar-refractivity contribution in [1.82, 2.24) is 4.72 Å². The van der Waals surface area contributed by atoms with Gasteiger partial charge in [0.2, 0.25) is 15.9 Å². The number of rotatable bonds is 9. The predicted octanol–water partition coefficient (Wildman–Crippen LogP) is 3.54. The minimum atomic E-state index is -4.03. The van der Waals surface area contributed by atoms with E-state index in [1.807, 2.05) is 55.5 Å². The third-order valence-corrected chi connectivity index (χ3v) is 6.32. The fourth-order valence-corrected chi connectivity index (χ4v) is 4.44. The van der Waals surface area contributed by atoms with Crippen molar-refractivity contribution in [3.05, 3.63) is 83.9 Å². The van der Waals surface area contributed by atoms with E-state index in [-0.39, 0.29) is 17.1 Å². The smallest absolute Gasteiger partial charge is 0.242 e. The van der Waals surface area contributed by atoms with Gasteiger partial charge in [-0.25, -0.2) is 8.42 Å². The first-order valence-corrected chi connectivity index (χ1v) is 11.5. The van der Waals surface area contributed by atoms with Gasteiger partial charge in [0.1, 0.15) is 6.04 Å². The molecule has 1 atom stereocenters. The number of benzene rings is 3. The summed E-state index contributed by atoms with van der Waals surface area (Å²) in [4.78, 5) is 13.0. The lowest BCUT2D eigenvalue weighted by Gasteiger charge is -2.19. The molecule has 168 valence electrons. The van der Waals surface area contributed by atoms with E-state index in [4.69, 9.17) is 9.47 Å².